The average Bonchev–Trinajstić information content (AvgIpc) is 3.97. The summed E-state index contributed by atoms with van der Waals surface area (Å²) in [5, 5.41) is 213. The Morgan fingerprint density at radius 3 is 0.940 bits per heavy atom. The molecule has 1 aromatic heterocycles. The fourth-order valence-electron chi connectivity index (χ4n) is 12.1. The van der Waals surface area contributed by atoms with Crippen LogP contribution in [0.2, 0.25) is 0 Å². The summed E-state index contributed by atoms with van der Waals surface area (Å²) in [6, 6.07) is 0. The molecule has 0 saturated carbocycles. The molecule has 83 heavy (non-hydrogen) atoms. The molecule has 0 unspecified atom stereocenters. The molecule has 1 radical (unpaired) electrons. The van der Waals surface area contributed by atoms with E-state index in [1.165, 1.54) is 10.9 Å². The molecule has 1 aromatic rings. The van der Waals surface area contributed by atoms with E-state index in [1.807, 2.05) is 0 Å². The van der Waals surface area contributed by atoms with Gasteiger partial charge in [0.25, 0.3) is 0 Å². The van der Waals surface area contributed by atoms with Crippen LogP contribution in [0.1, 0.15) is 46.2 Å². The third-order valence-electron chi connectivity index (χ3n) is 16.5. The van der Waals surface area contributed by atoms with Crippen LogP contribution in [-0.4, -0.2) is 341 Å². The van der Waals surface area contributed by atoms with Gasteiger partial charge < -0.3 is 148 Å². The van der Waals surface area contributed by atoms with Gasteiger partial charge in [0.1, 0.15) is 152 Å². The maximum atomic E-state index is 13.0. The van der Waals surface area contributed by atoms with Gasteiger partial charge in [-0.15, -0.1) is 15.4 Å². The van der Waals surface area contributed by atoms with Crippen LogP contribution < -0.4 is 0 Å². The van der Waals surface area contributed by atoms with Crippen LogP contribution in [0.15, 0.2) is 6.20 Å². The van der Waals surface area contributed by atoms with Crippen LogP contribution in [0.4, 0.5) is 0 Å². The number of hydrogen-bond donors (Lipinski definition) is 17. The molecule has 35 nitrogen and oxygen atoms in total. The van der Waals surface area contributed by atoms with E-state index in [0.717, 1.165) is 5.06 Å². The number of aliphatic hydroxyl groups is 17. The van der Waals surface area contributed by atoms with Gasteiger partial charge in [-0.1, -0.05) is 5.21 Å². The third-order valence-corrected chi connectivity index (χ3v) is 16.5. The number of piperidine rings is 1. The Hall–Kier alpha value is -2.14. The Morgan fingerprint density at radius 2 is 0.675 bits per heavy atom. The Kier molecular flexibility index (Phi) is 20.9. The second-order valence-electron chi connectivity index (χ2n) is 23.4. The highest BCUT2D eigenvalue weighted by atomic mass is 16.8. The molecule has 23 aliphatic heterocycles. The number of hydroxylamine groups is 2. The summed E-state index contributed by atoms with van der Waals surface area (Å²) in [6.07, 6.45) is -57.3. The largest absolute Gasteiger partial charge is 0.394 e. The molecule has 477 valence electrons. The van der Waals surface area contributed by atoms with Crippen molar-refractivity contribution in [1.29, 1.82) is 0 Å². The first-order valence-electron chi connectivity index (χ1n) is 27.3. The summed E-state index contributed by atoms with van der Waals surface area (Å²) < 4.78 is 77.6. The molecule has 0 amide bonds. The smallest absolute Gasteiger partial charge is 0.187 e. The SMILES string of the molecule is CC1(C)CC(OCc2cn(C[C@H]3O[C@@H]4O[C@H]5[C@H](O)[C@@H](O)[C@@H](O[C@H]6[C@H](O)[C@@H](O)[C@@H](O[C@H]7[C@H](O)[C@@H](O)[C@@H](O[C@H]8[C@H](O)[C@@H](O)[C@@H](O[C@H]9[C@H](O)[C@@H](O)[C@@H](O[C@H]3[C@H](O)[C@H]4O)O[C@@H]9CO)O[C@@H]8CO)O[C@@H]7CO)O[C@@H]6CO)O[C@@H]5CO)nn2)CC(C)(C)N1[O]. The Bertz CT molecular complexity index is 2200. The molecule has 0 aliphatic carbocycles. The molecule has 24 rings (SSSR count). The molecule has 12 bridgehead atoms. The van der Waals surface area contributed by atoms with Crippen molar-refractivity contribution in [2.24, 2.45) is 0 Å². The third kappa shape index (κ3) is 13.2. The molecule has 0 spiro atoms. The summed E-state index contributed by atoms with van der Waals surface area (Å²) >= 11 is 0. The van der Waals surface area contributed by atoms with Crippen molar-refractivity contribution in [1.82, 2.24) is 20.1 Å². The molecule has 23 aliphatic rings. The van der Waals surface area contributed by atoms with Crippen molar-refractivity contribution in [2.45, 2.75) is 255 Å². The zero-order chi connectivity index (χ0) is 60.3. The lowest BCUT2D eigenvalue weighted by Gasteiger charge is -2.50. The molecular formula is C48H79N4O31. The van der Waals surface area contributed by atoms with Crippen LogP contribution in [0.3, 0.4) is 0 Å². The highest BCUT2D eigenvalue weighted by molar-refractivity contribution is 5.03. The van der Waals surface area contributed by atoms with Gasteiger partial charge in [0, 0.05) is 11.1 Å². The first kappa shape index (κ1) is 65.3. The van der Waals surface area contributed by atoms with Crippen molar-refractivity contribution in [3.05, 3.63) is 11.9 Å². The zero-order valence-corrected chi connectivity index (χ0v) is 45.4. The Morgan fingerprint density at radius 1 is 0.422 bits per heavy atom. The first-order valence-corrected chi connectivity index (χ1v) is 27.3. The average molecular weight is 1210 g/mol. The summed E-state index contributed by atoms with van der Waals surface area (Å²) in [4.78, 5) is 0. The predicted molar refractivity (Wildman–Crippen MR) is 257 cm³/mol. The van der Waals surface area contributed by atoms with Crippen LogP contribution in [0, 0.1) is 0 Å². The van der Waals surface area contributed by atoms with E-state index in [9.17, 15) is 92.0 Å². The molecule has 24 heterocycles. The lowest BCUT2D eigenvalue weighted by Crippen LogP contribution is -2.69. The van der Waals surface area contributed by atoms with Crippen LogP contribution >= 0.6 is 0 Å². The number of ether oxygens (including phenoxy) is 13. The van der Waals surface area contributed by atoms with E-state index in [0.29, 0.717) is 12.8 Å². The number of hydrogen-bond acceptors (Lipinski definition) is 33. The van der Waals surface area contributed by atoms with Gasteiger partial charge >= 0.3 is 0 Å². The maximum Gasteiger partial charge on any atom is 0.187 e. The Labute approximate surface area is 472 Å². The fraction of sp³-hybridized carbons (Fsp3) is 0.958. The van der Waals surface area contributed by atoms with Gasteiger partial charge in [-0.25, -0.2) is 4.68 Å². The van der Waals surface area contributed by atoms with Crippen molar-refractivity contribution in [2.75, 3.05) is 33.0 Å². The van der Waals surface area contributed by atoms with Crippen molar-refractivity contribution in [3.63, 3.8) is 0 Å². The van der Waals surface area contributed by atoms with Crippen molar-refractivity contribution >= 4 is 0 Å². The molecule has 0 aromatic carbocycles. The summed E-state index contributed by atoms with van der Waals surface area (Å²) in [5.74, 6) is 0. The topological polar surface area (TPSA) is 518 Å². The van der Waals surface area contributed by atoms with Gasteiger partial charge in [0.2, 0.25) is 0 Å². The highest BCUT2D eigenvalue weighted by Crippen LogP contribution is 2.41. The van der Waals surface area contributed by atoms with Crippen LogP contribution in [-0.2, 0) is 79.9 Å². The molecule has 17 N–H and O–H groups in total. The van der Waals surface area contributed by atoms with Gasteiger partial charge in [-0.2, -0.15) is 0 Å². The summed E-state index contributed by atoms with van der Waals surface area (Å²) in [5.41, 5.74) is -1.22. The highest BCUT2D eigenvalue weighted by Gasteiger charge is 2.59. The fourth-order valence-corrected chi connectivity index (χ4v) is 12.1. The second kappa shape index (κ2) is 26.5. The van der Waals surface area contributed by atoms with Crippen LogP contribution in [0.5, 0.6) is 0 Å². The maximum absolute atomic E-state index is 13.0. The minimum atomic E-state index is -2.19. The van der Waals surface area contributed by atoms with E-state index in [2.05, 4.69) is 10.3 Å². The number of aliphatic hydroxyl groups excluding tert-OH is 17. The van der Waals surface area contributed by atoms with E-state index in [-0.39, 0.29) is 18.4 Å². The first-order chi connectivity index (χ1) is 39.2. The Balaban J connectivity index is 1.01. The molecule has 23 saturated heterocycles. The molecule has 35 heteroatoms. The number of nitrogens with zero attached hydrogens (tertiary/aromatic N) is 4. The standard InChI is InChI=1S/C48H79N4O31/c1-47(2)5-16(6-48(3,4)52(47)70)71-14-15-7-51(50-49-15)8-17-35-23(58)29(64)41(72-17)79-36-18(9-53)74-43(31(66)25(36)60)81-38-20(11-55)76-45(33(68)27(38)62)83-40-22(13-57)77-46(34(69)28(40)63)82-39-21(12-56)75-44(32(67)26(39)61)80-37-19(10-54)73-42(78-35)30(65)24(37)59/h7,16-46,53-69H,5-6,8-14H2,1-4H3/t17-,18-,19-,20-,21-,22-,23-,24-,25-,26-,27-,28-,29-,30-,31-,32-,33-,34-,35-,36-,37-,38-,39-,40-,41-,42-,43-,44-,45-,46-/m1/s1. The van der Waals surface area contributed by atoms with E-state index in [4.69, 9.17) is 61.6 Å². The van der Waals surface area contributed by atoms with Gasteiger partial charge in [-0.3, -0.25) is 0 Å². The van der Waals surface area contributed by atoms with E-state index in [1.54, 1.807) is 27.7 Å². The van der Waals surface area contributed by atoms with Crippen LogP contribution in [0.25, 0.3) is 0 Å². The van der Waals surface area contributed by atoms with Crippen molar-refractivity contribution in [3.8, 4) is 0 Å². The summed E-state index contributed by atoms with van der Waals surface area (Å²) in [7, 11) is 0. The van der Waals surface area contributed by atoms with E-state index < -0.39 is 235 Å². The number of rotatable bonds is 10. The predicted octanol–water partition coefficient (Wildman–Crippen LogP) is -10.9. The molecular weight excluding hydrogens is 1130 g/mol. The molecule has 23 fully saturated rings. The van der Waals surface area contributed by atoms with Gasteiger partial charge in [0.05, 0.1) is 58.5 Å². The lowest BCUT2D eigenvalue weighted by molar-refractivity contribution is -0.403. The molecule has 30 atom stereocenters. The normalized spacial score (nSPS) is 49.4. The van der Waals surface area contributed by atoms with Gasteiger partial charge in [-0.05, 0) is 40.5 Å². The number of aromatic nitrogens is 3. The van der Waals surface area contributed by atoms with Crippen molar-refractivity contribution < 1.29 is 154 Å². The summed E-state index contributed by atoms with van der Waals surface area (Å²) in [6.45, 7) is 1.63. The second-order valence-corrected chi connectivity index (χ2v) is 23.4. The zero-order valence-electron chi connectivity index (χ0n) is 45.4. The monoisotopic (exact) mass is 1210 g/mol. The lowest BCUT2D eigenvalue weighted by atomic mass is 9.80. The quantitative estimate of drug-likeness (QED) is 0.103. The minimum absolute atomic E-state index is 0.0776. The minimum Gasteiger partial charge on any atom is -0.394 e. The van der Waals surface area contributed by atoms with E-state index >= 15 is 0 Å². The van der Waals surface area contributed by atoms with Gasteiger partial charge in [0.15, 0.2) is 37.7 Å².